The van der Waals surface area contributed by atoms with Crippen LogP contribution in [0.3, 0.4) is 0 Å². The van der Waals surface area contributed by atoms with E-state index in [0.717, 1.165) is 12.1 Å². The summed E-state index contributed by atoms with van der Waals surface area (Å²) in [5.74, 6) is -15.1. The highest BCUT2D eigenvalue weighted by Gasteiger charge is 2.36. The predicted molar refractivity (Wildman–Crippen MR) is 89.8 cm³/mol. The monoisotopic (exact) mass is 476 g/mol. The van der Waals surface area contributed by atoms with Crippen LogP contribution in [0.2, 0.25) is 0 Å². The topological polar surface area (TPSA) is 100 Å². The first-order valence-electron chi connectivity index (χ1n) is 8.16. The van der Waals surface area contributed by atoms with E-state index in [-0.39, 0.29) is 0 Å². The summed E-state index contributed by atoms with van der Waals surface area (Å²) in [7, 11) is 0. The fourth-order valence-electron chi connectivity index (χ4n) is 2.25. The summed E-state index contributed by atoms with van der Waals surface area (Å²) >= 11 is 0. The molecule has 0 spiro atoms. The molecule has 2 rings (SSSR count). The Morgan fingerprint density at radius 1 is 1.00 bits per heavy atom. The summed E-state index contributed by atoms with van der Waals surface area (Å²) in [6.07, 6.45) is -4.97. The summed E-state index contributed by atoms with van der Waals surface area (Å²) in [6.45, 7) is -0.643. The van der Waals surface area contributed by atoms with Crippen molar-refractivity contribution in [3.8, 4) is 5.75 Å². The smallest absolute Gasteiger partial charge is 0.418 e. The minimum atomic E-state index is -4.97. The standard InChI is InChI=1S/C17H12F8N2O5/c1-16(29,5-31-14-12(21)10(19)9(18)11(20)13(14)22)15(28)26-6-2-3-8(27-32-30)7(4-6)17(23,24)25/h2-4,27,29-30H,5H2,1H3,(H,26,28)/t16-/m0/s1. The molecule has 0 saturated heterocycles. The number of carbonyl (C=O) groups is 1. The number of ether oxygens (including phenoxy) is 1. The number of nitrogens with one attached hydrogen (secondary N) is 2. The van der Waals surface area contributed by atoms with Crippen LogP contribution in [-0.4, -0.2) is 28.5 Å². The average Bonchev–Trinajstić information content (AvgIpc) is 2.71. The van der Waals surface area contributed by atoms with Gasteiger partial charge in [-0.2, -0.15) is 22.0 Å². The maximum atomic E-state index is 13.6. The lowest BCUT2D eigenvalue weighted by atomic mass is 10.1. The Hall–Kier alpha value is -3.17. The fraction of sp³-hybridized carbons (Fsp3) is 0.235. The van der Waals surface area contributed by atoms with E-state index in [4.69, 9.17) is 5.26 Å². The summed E-state index contributed by atoms with van der Waals surface area (Å²) < 4.78 is 110. The van der Waals surface area contributed by atoms with Crippen LogP contribution >= 0.6 is 0 Å². The molecule has 32 heavy (non-hydrogen) atoms. The molecule has 0 radical (unpaired) electrons. The Labute approximate surface area is 173 Å². The molecule has 0 bridgehead atoms. The van der Waals surface area contributed by atoms with E-state index in [2.05, 4.69) is 9.73 Å². The van der Waals surface area contributed by atoms with Crippen LogP contribution in [0.4, 0.5) is 46.5 Å². The maximum absolute atomic E-state index is 13.6. The Kier molecular flexibility index (Phi) is 7.16. The number of alkyl halides is 3. The van der Waals surface area contributed by atoms with Gasteiger partial charge in [0.15, 0.2) is 11.4 Å². The lowest BCUT2D eigenvalue weighted by Gasteiger charge is -2.23. The van der Waals surface area contributed by atoms with Crippen molar-refractivity contribution >= 4 is 17.3 Å². The molecule has 0 aliphatic carbocycles. The molecule has 0 saturated carbocycles. The van der Waals surface area contributed by atoms with Crippen molar-refractivity contribution in [1.29, 1.82) is 0 Å². The zero-order valence-electron chi connectivity index (χ0n) is 15.6. The van der Waals surface area contributed by atoms with Crippen molar-refractivity contribution in [2.75, 3.05) is 17.4 Å². The van der Waals surface area contributed by atoms with Gasteiger partial charge < -0.3 is 15.2 Å². The van der Waals surface area contributed by atoms with E-state index in [9.17, 15) is 45.0 Å². The highest BCUT2D eigenvalue weighted by molar-refractivity contribution is 5.97. The van der Waals surface area contributed by atoms with Crippen LogP contribution < -0.4 is 15.5 Å². The predicted octanol–water partition coefficient (Wildman–Crippen LogP) is 3.99. The van der Waals surface area contributed by atoms with Crippen LogP contribution in [0.15, 0.2) is 18.2 Å². The number of hydrogen-bond donors (Lipinski definition) is 4. The van der Waals surface area contributed by atoms with E-state index in [1.165, 1.54) is 0 Å². The Morgan fingerprint density at radius 2 is 1.53 bits per heavy atom. The molecule has 0 fully saturated rings. The third-order valence-corrected chi connectivity index (χ3v) is 3.89. The molecular weight excluding hydrogens is 464 g/mol. The van der Waals surface area contributed by atoms with E-state index in [0.29, 0.717) is 13.0 Å². The number of halogens is 8. The molecule has 15 heteroatoms. The molecular formula is C17H12F8N2O5. The second-order valence-electron chi connectivity index (χ2n) is 6.37. The molecule has 7 nitrogen and oxygen atoms in total. The molecule has 0 aliphatic rings. The summed E-state index contributed by atoms with van der Waals surface area (Å²) in [5.41, 5.74) is -3.82. The van der Waals surface area contributed by atoms with Crippen LogP contribution in [-0.2, 0) is 16.0 Å². The van der Waals surface area contributed by atoms with Gasteiger partial charge in [0, 0.05) is 5.69 Å². The van der Waals surface area contributed by atoms with Gasteiger partial charge in [0.1, 0.15) is 6.61 Å². The van der Waals surface area contributed by atoms with Crippen LogP contribution in [0.25, 0.3) is 0 Å². The lowest BCUT2D eigenvalue weighted by Crippen LogP contribution is -2.45. The lowest BCUT2D eigenvalue weighted by molar-refractivity contribution is -0.216. The van der Waals surface area contributed by atoms with Crippen molar-refractivity contribution in [3.05, 3.63) is 52.8 Å². The van der Waals surface area contributed by atoms with Crippen molar-refractivity contribution in [3.63, 3.8) is 0 Å². The van der Waals surface area contributed by atoms with Gasteiger partial charge in [-0.15, -0.1) is 4.99 Å². The van der Waals surface area contributed by atoms with Crippen molar-refractivity contribution in [2.45, 2.75) is 18.7 Å². The van der Waals surface area contributed by atoms with Crippen LogP contribution in [0.1, 0.15) is 12.5 Å². The number of anilines is 2. The molecule has 0 unspecified atom stereocenters. The molecule has 0 heterocycles. The van der Waals surface area contributed by atoms with E-state index < -0.39 is 76.1 Å². The third-order valence-electron chi connectivity index (χ3n) is 3.89. The molecule has 0 aliphatic heterocycles. The molecule has 1 atom stereocenters. The van der Waals surface area contributed by atoms with Gasteiger partial charge in [-0.05, 0) is 25.1 Å². The number of rotatable bonds is 7. The second kappa shape index (κ2) is 9.13. The molecule has 0 aromatic heterocycles. The van der Waals surface area contributed by atoms with E-state index >= 15 is 0 Å². The first kappa shape index (κ1) is 25.1. The number of hydrogen-bond acceptors (Lipinski definition) is 6. The second-order valence-corrected chi connectivity index (χ2v) is 6.37. The highest BCUT2D eigenvalue weighted by Crippen LogP contribution is 2.37. The van der Waals surface area contributed by atoms with Crippen molar-refractivity contribution in [1.82, 2.24) is 0 Å². The quantitative estimate of drug-likeness (QED) is 0.159. The van der Waals surface area contributed by atoms with Gasteiger partial charge in [0.05, 0.1) is 11.3 Å². The van der Waals surface area contributed by atoms with E-state index in [1.807, 2.05) is 5.32 Å². The summed E-state index contributed by atoms with van der Waals surface area (Å²) in [6, 6.07) is 2.03. The van der Waals surface area contributed by atoms with Crippen molar-refractivity contribution < 1.29 is 60.0 Å². The Morgan fingerprint density at radius 3 is 2.03 bits per heavy atom. The molecule has 1 amide bonds. The maximum Gasteiger partial charge on any atom is 0.418 e. The van der Waals surface area contributed by atoms with Crippen LogP contribution in [0, 0.1) is 29.1 Å². The minimum absolute atomic E-state index is 0.389. The zero-order chi connectivity index (χ0) is 24.4. The SMILES string of the molecule is C[C@](O)(COc1c(F)c(F)c(F)c(F)c1F)C(=O)Nc1ccc(NOO)c(C(F)(F)F)c1. The average molecular weight is 476 g/mol. The van der Waals surface area contributed by atoms with Gasteiger partial charge in [0.25, 0.3) is 5.91 Å². The van der Waals surface area contributed by atoms with Crippen LogP contribution in [0.5, 0.6) is 5.75 Å². The molecule has 176 valence electrons. The number of benzene rings is 2. The Bertz CT molecular complexity index is 1000. The number of amides is 1. The molecule has 2 aromatic rings. The van der Waals surface area contributed by atoms with Gasteiger partial charge in [-0.3, -0.25) is 4.79 Å². The van der Waals surface area contributed by atoms with Gasteiger partial charge >= 0.3 is 6.18 Å². The molecule has 4 N–H and O–H groups in total. The van der Waals surface area contributed by atoms with Gasteiger partial charge in [-0.25, -0.2) is 23.9 Å². The molecule has 2 aromatic carbocycles. The summed E-state index contributed by atoms with van der Waals surface area (Å²) in [5, 5.41) is 20.2. The third kappa shape index (κ3) is 5.17. The highest BCUT2D eigenvalue weighted by atomic mass is 19.4. The largest absolute Gasteiger partial charge is 0.484 e. The summed E-state index contributed by atoms with van der Waals surface area (Å²) in [4.78, 5) is 15.6. The first-order valence-corrected chi connectivity index (χ1v) is 8.16. The minimum Gasteiger partial charge on any atom is -0.484 e. The van der Waals surface area contributed by atoms with E-state index in [1.54, 1.807) is 5.48 Å². The Balaban J connectivity index is 2.22. The first-order chi connectivity index (χ1) is 14.7. The van der Waals surface area contributed by atoms with Crippen molar-refractivity contribution in [2.24, 2.45) is 0 Å². The van der Waals surface area contributed by atoms with Gasteiger partial charge in [-0.1, -0.05) is 0 Å². The number of carbonyl (C=O) groups excluding carboxylic acids is 1. The number of aliphatic hydroxyl groups is 1. The normalized spacial score (nSPS) is 13.5. The van der Waals surface area contributed by atoms with Gasteiger partial charge in [0.2, 0.25) is 29.1 Å². The fourth-order valence-corrected chi connectivity index (χ4v) is 2.25. The zero-order valence-corrected chi connectivity index (χ0v) is 15.6.